The molecule has 5 amide bonds. The van der Waals surface area contributed by atoms with Gasteiger partial charge in [0.1, 0.15) is 18.1 Å². The lowest BCUT2D eigenvalue weighted by atomic mass is 10.2. The van der Waals surface area contributed by atoms with E-state index < -0.39 is 36.1 Å². The molecular formula is C19H16FN3O5. The predicted octanol–water partition coefficient (Wildman–Crippen LogP) is 2.08. The van der Waals surface area contributed by atoms with Gasteiger partial charge in [0.25, 0.3) is 0 Å². The van der Waals surface area contributed by atoms with Crippen LogP contribution in [0.1, 0.15) is 5.56 Å². The number of hydrogen-bond donors (Lipinski definition) is 1. The molecule has 0 radical (unpaired) electrons. The third kappa shape index (κ3) is 3.54. The zero-order valence-corrected chi connectivity index (χ0v) is 15.1. The molecule has 0 aliphatic carbocycles. The number of hydrogen-bond acceptors (Lipinski definition) is 5. The Morgan fingerprint density at radius 2 is 1.75 bits per heavy atom. The second kappa shape index (κ2) is 7.47. The van der Waals surface area contributed by atoms with Crippen molar-refractivity contribution < 1.29 is 28.3 Å². The first kappa shape index (κ1) is 19.0. The van der Waals surface area contributed by atoms with Gasteiger partial charge in [0.15, 0.2) is 0 Å². The van der Waals surface area contributed by atoms with Gasteiger partial charge in [0.2, 0.25) is 5.91 Å². The highest BCUT2D eigenvalue weighted by Crippen LogP contribution is 2.24. The van der Waals surface area contributed by atoms with Crippen LogP contribution in [0.15, 0.2) is 42.5 Å². The number of ether oxygens (including phenoxy) is 1. The molecular weight excluding hydrogens is 369 g/mol. The molecule has 0 bridgehead atoms. The second-order valence-corrected chi connectivity index (χ2v) is 6.02. The average molecular weight is 385 g/mol. The first-order valence-corrected chi connectivity index (χ1v) is 8.22. The van der Waals surface area contributed by atoms with E-state index in [0.29, 0.717) is 21.1 Å². The van der Waals surface area contributed by atoms with Crippen LogP contribution in [0.25, 0.3) is 0 Å². The fourth-order valence-electron chi connectivity index (χ4n) is 2.67. The molecule has 8 nitrogen and oxygen atoms in total. The summed E-state index contributed by atoms with van der Waals surface area (Å²) < 4.78 is 18.4. The number of benzene rings is 2. The van der Waals surface area contributed by atoms with Crippen LogP contribution in [0.2, 0.25) is 0 Å². The van der Waals surface area contributed by atoms with E-state index in [1.807, 2.05) is 0 Å². The molecule has 0 unspecified atom stereocenters. The SMILES string of the molecule is COc1ccc(N2C(=O)C(=O)N(CC(=O)Nc3cc(F)ccc3C)C2=O)cc1. The molecule has 0 spiro atoms. The molecule has 1 aliphatic rings. The van der Waals surface area contributed by atoms with E-state index in [1.165, 1.54) is 43.5 Å². The van der Waals surface area contributed by atoms with Gasteiger partial charge in [-0.25, -0.2) is 19.0 Å². The summed E-state index contributed by atoms with van der Waals surface area (Å²) in [6.45, 7) is 0.988. The van der Waals surface area contributed by atoms with E-state index in [4.69, 9.17) is 4.74 Å². The number of imide groups is 2. The van der Waals surface area contributed by atoms with Crippen molar-refractivity contribution in [1.82, 2.24) is 4.90 Å². The Morgan fingerprint density at radius 1 is 1.07 bits per heavy atom. The van der Waals surface area contributed by atoms with Crippen LogP contribution in [0, 0.1) is 12.7 Å². The van der Waals surface area contributed by atoms with Gasteiger partial charge in [-0.05, 0) is 48.9 Å². The summed E-state index contributed by atoms with van der Waals surface area (Å²) in [5.74, 6) is -2.96. The van der Waals surface area contributed by atoms with Crippen molar-refractivity contribution in [2.24, 2.45) is 0 Å². The normalized spacial score (nSPS) is 13.9. The van der Waals surface area contributed by atoms with Crippen LogP contribution in [0.5, 0.6) is 5.75 Å². The van der Waals surface area contributed by atoms with Crippen LogP contribution in [0.4, 0.5) is 20.6 Å². The molecule has 144 valence electrons. The molecule has 0 saturated carbocycles. The maximum atomic E-state index is 13.3. The first-order valence-electron chi connectivity index (χ1n) is 8.22. The van der Waals surface area contributed by atoms with E-state index in [-0.39, 0.29) is 11.4 Å². The molecule has 9 heteroatoms. The minimum absolute atomic E-state index is 0.174. The lowest BCUT2D eigenvalue weighted by Crippen LogP contribution is -2.39. The molecule has 0 aromatic heterocycles. The van der Waals surface area contributed by atoms with Gasteiger partial charge in [-0.15, -0.1) is 0 Å². The topological polar surface area (TPSA) is 96.0 Å². The summed E-state index contributed by atoms with van der Waals surface area (Å²) in [7, 11) is 1.46. The van der Waals surface area contributed by atoms with Gasteiger partial charge < -0.3 is 10.1 Å². The summed E-state index contributed by atoms with van der Waals surface area (Å²) in [6.07, 6.45) is 0. The average Bonchev–Trinajstić information content (AvgIpc) is 2.88. The van der Waals surface area contributed by atoms with Gasteiger partial charge in [-0.2, -0.15) is 0 Å². The monoisotopic (exact) mass is 385 g/mol. The Bertz CT molecular complexity index is 974. The Labute approximate surface area is 159 Å². The molecule has 0 atom stereocenters. The van der Waals surface area contributed by atoms with Crippen molar-refractivity contribution in [2.45, 2.75) is 6.92 Å². The standard InChI is InChI=1S/C19H16FN3O5/c1-11-3-4-12(20)9-15(11)21-16(24)10-22-17(25)18(26)23(19(22)27)13-5-7-14(28-2)8-6-13/h3-9H,10H2,1-2H3,(H,21,24). The number of rotatable bonds is 5. The van der Waals surface area contributed by atoms with Gasteiger partial charge in [-0.1, -0.05) is 6.07 Å². The van der Waals surface area contributed by atoms with Crippen molar-refractivity contribution >= 4 is 35.1 Å². The van der Waals surface area contributed by atoms with E-state index in [1.54, 1.807) is 6.92 Å². The van der Waals surface area contributed by atoms with Gasteiger partial charge in [0.05, 0.1) is 12.8 Å². The molecule has 1 fully saturated rings. The highest BCUT2D eigenvalue weighted by atomic mass is 19.1. The molecule has 1 saturated heterocycles. The lowest BCUT2D eigenvalue weighted by Gasteiger charge is -2.16. The van der Waals surface area contributed by atoms with Crippen molar-refractivity contribution in [3.63, 3.8) is 0 Å². The largest absolute Gasteiger partial charge is 0.497 e. The molecule has 1 heterocycles. The highest BCUT2D eigenvalue weighted by Gasteiger charge is 2.46. The van der Waals surface area contributed by atoms with E-state index in [9.17, 15) is 23.6 Å². The Balaban J connectivity index is 1.76. The van der Waals surface area contributed by atoms with E-state index >= 15 is 0 Å². The maximum Gasteiger partial charge on any atom is 0.339 e. The number of carbonyl (C=O) groups excluding carboxylic acids is 4. The Kier molecular flexibility index (Phi) is 5.08. The number of halogens is 1. The number of aryl methyl sites for hydroxylation is 1. The highest BCUT2D eigenvalue weighted by molar-refractivity contribution is 6.53. The van der Waals surface area contributed by atoms with Crippen LogP contribution >= 0.6 is 0 Å². The molecule has 1 N–H and O–H groups in total. The quantitative estimate of drug-likeness (QED) is 0.628. The number of nitrogens with zero attached hydrogens (tertiary/aromatic N) is 2. The summed E-state index contributed by atoms with van der Waals surface area (Å²) in [5.41, 5.74) is 0.986. The molecule has 2 aromatic carbocycles. The second-order valence-electron chi connectivity index (χ2n) is 6.02. The third-order valence-electron chi connectivity index (χ3n) is 4.16. The number of methoxy groups -OCH3 is 1. The van der Waals surface area contributed by atoms with Crippen molar-refractivity contribution in [3.05, 3.63) is 53.8 Å². The molecule has 28 heavy (non-hydrogen) atoms. The number of anilines is 2. The van der Waals surface area contributed by atoms with Crippen molar-refractivity contribution in [2.75, 3.05) is 23.9 Å². The maximum absolute atomic E-state index is 13.3. The van der Waals surface area contributed by atoms with Gasteiger partial charge >= 0.3 is 17.8 Å². The number of carbonyl (C=O) groups is 4. The fourth-order valence-corrected chi connectivity index (χ4v) is 2.67. The van der Waals surface area contributed by atoms with Crippen LogP contribution in [-0.2, 0) is 14.4 Å². The van der Waals surface area contributed by atoms with E-state index in [0.717, 1.165) is 6.07 Å². The predicted molar refractivity (Wildman–Crippen MR) is 97.4 cm³/mol. The summed E-state index contributed by atoms with van der Waals surface area (Å²) >= 11 is 0. The van der Waals surface area contributed by atoms with Crippen LogP contribution in [0.3, 0.4) is 0 Å². The zero-order chi connectivity index (χ0) is 20.4. The molecule has 3 rings (SSSR count). The zero-order valence-electron chi connectivity index (χ0n) is 15.1. The minimum Gasteiger partial charge on any atom is -0.497 e. The first-order chi connectivity index (χ1) is 13.3. The van der Waals surface area contributed by atoms with Crippen LogP contribution < -0.4 is 15.0 Å². The van der Waals surface area contributed by atoms with Crippen LogP contribution in [-0.4, -0.2) is 42.3 Å². The summed E-state index contributed by atoms with van der Waals surface area (Å²) in [6, 6.07) is 8.85. The molecule has 1 aliphatic heterocycles. The summed E-state index contributed by atoms with van der Waals surface area (Å²) in [4.78, 5) is 50.4. The number of nitrogens with one attached hydrogen (secondary N) is 1. The van der Waals surface area contributed by atoms with Crippen molar-refractivity contribution in [3.8, 4) is 5.75 Å². The number of amides is 5. The smallest absolute Gasteiger partial charge is 0.339 e. The fraction of sp³-hybridized carbons (Fsp3) is 0.158. The molecule has 2 aromatic rings. The lowest BCUT2D eigenvalue weighted by molar-refractivity contribution is -0.140. The van der Waals surface area contributed by atoms with Gasteiger partial charge in [0, 0.05) is 5.69 Å². The minimum atomic E-state index is -1.12. The Morgan fingerprint density at radius 3 is 2.39 bits per heavy atom. The number of urea groups is 1. The van der Waals surface area contributed by atoms with Gasteiger partial charge in [-0.3, -0.25) is 14.4 Å². The summed E-state index contributed by atoms with van der Waals surface area (Å²) in [5, 5.41) is 2.43. The van der Waals surface area contributed by atoms with E-state index in [2.05, 4.69) is 5.32 Å². The Hall–Kier alpha value is -3.75. The van der Waals surface area contributed by atoms with Crippen molar-refractivity contribution in [1.29, 1.82) is 0 Å². The third-order valence-corrected chi connectivity index (χ3v) is 4.16.